The van der Waals surface area contributed by atoms with Crippen LogP contribution in [0.1, 0.15) is 0 Å². The minimum atomic E-state index is 0.714. The number of aromatic nitrogens is 4. The van der Waals surface area contributed by atoms with Crippen LogP contribution in [0.2, 0.25) is 10.0 Å². The summed E-state index contributed by atoms with van der Waals surface area (Å²) in [6.45, 7) is 0. The van der Waals surface area contributed by atoms with Crippen molar-refractivity contribution in [2.45, 2.75) is 0 Å². The lowest BCUT2D eigenvalue weighted by Crippen LogP contribution is -1.84. The molecular weight excluding hydrogens is 415 g/mol. The number of aromatic amines is 2. The molecule has 2 N–H and O–H groups in total. The molecule has 0 atom stereocenters. The lowest BCUT2D eigenvalue weighted by atomic mass is 10.1. The van der Waals surface area contributed by atoms with Crippen LogP contribution in [0, 0.1) is 0 Å². The predicted octanol–water partition coefficient (Wildman–Crippen LogP) is 7.11. The first-order valence-corrected chi connectivity index (χ1v) is 10.1. The van der Waals surface area contributed by atoms with Crippen LogP contribution in [0.25, 0.3) is 45.3 Å². The monoisotopic (exact) mass is 430 g/mol. The number of nitrogens with one attached hydrogen (secondary N) is 2. The van der Waals surface area contributed by atoms with Crippen LogP contribution < -0.4 is 0 Å². The molecule has 0 aliphatic heterocycles. The average Bonchev–Trinajstić information content (AvgIpc) is 3.45. The Morgan fingerprint density at radius 3 is 1.17 bits per heavy atom. The van der Waals surface area contributed by atoms with E-state index < -0.39 is 0 Å². The average molecular weight is 431 g/mol. The van der Waals surface area contributed by atoms with Gasteiger partial charge in [-0.1, -0.05) is 71.7 Å². The van der Waals surface area contributed by atoms with E-state index in [0.717, 1.165) is 45.3 Å². The van der Waals surface area contributed by atoms with E-state index in [-0.39, 0.29) is 0 Å². The molecule has 2 aromatic heterocycles. The summed E-state index contributed by atoms with van der Waals surface area (Å²) in [4.78, 5) is 15.8. The summed E-state index contributed by atoms with van der Waals surface area (Å²) in [5, 5.41) is 1.43. The van der Waals surface area contributed by atoms with Gasteiger partial charge in [0.25, 0.3) is 0 Å². The van der Waals surface area contributed by atoms with Crippen LogP contribution in [0.5, 0.6) is 0 Å². The molecule has 0 bridgehead atoms. The number of H-pyrrole nitrogens is 2. The number of halogens is 2. The molecule has 4 nitrogen and oxygen atoms in total. The number of imidazole rings is 2. The molecule has 5 rings (SSSR count). The first kappa shape index (κ1) is 18.7. The molecular formula is C24H16Cl2N4. The summed E-state index contributed by atoms with van der Waals surface area (Å²) in [6, 6.07) is 23.5. The van der Waals surface area contributed by atoms with Crippen molar-refractivity contribution in [2.75, 3.05) is 0 Å². The highest BCUT2D eigenvalue weighted by molar-refractivity contribution is 6.30. The second kappa shape index (κ2) is 7.82. The molecule has 5 aromatic rings. The molecule has 6 heteroatoms. The summed E-state index contributed by atoms with van der Waals surface area (Å²) in [5.41, 5.74) is 5.99. The fraction of sp³-hybridized carbons (Fsp3) is 0. The van der Waals surface area contributed by atoms with Crippen LogP contribution in [0.3, 0.4) is 0 Å². The van der Waals surface area contributed by atoms with Crippen LogP contribution in [0.4, 0.5) is 0 Å². The Hall–Kier alpha value is -3.34. The number of hydrogen-bond donors (Lipinski definition) is 2. The third-order valence-corrected chi connectivity index (χ3v) is 5.40. The fourth-order valence-electron chi connectivity index (χ4n) is 3.27. The van der Waals surface area contributed by atoms with E-state index in [0.29, 0.717) is 10.0 Å². The zero-order chi connectivity index (χ0) is 20.5. The standard InChI is InChI=1S/C24H16Cl2N4/c25-19-9-5-15(6-10-19)21-13-27-23(29-21)17-1-2-18(4-3-17)24-28-14-22(30-24)16-7-11-20(26)12-8-16/h1-14H,(H,27,29)(H,28,30). The topological polar surface area (TPSA) is 57.4 Å². The van der Waals surface area contributed by atoms with E-state index >= 15 is 0 Å². The second-order valence-electron chi connectivity index (χ2n) is 6.88. The van der Waals surface area contributed by atoms with Crippen LogP contribution in [-0.4, -0.2) is 19.9 Å². The molecule has 0 aliphatic rings. The van der Waals surface area contributed by atoms with E-state index in [2.05, 4.69) is 19.9 Å². The van der Waals surface area contributed by atoms with E-state index in [4.69, 9.17) is 23.2 Å². The normalized spacial score (nSPS) is 11.0. The van der Waals surface area contributed by atoms with Crippen LogP contribution in [-0.2, 0) is 0 Å². The van der Waals surface area contributed by atoms with Crippen LogP contribution >= 0.6 is 23.2 Å². The summed E-state index contributed by atoms with van der Waals surface area (Å²) in [6.07, 6.45) is 3.66. The Bertz CT molecular complexity index is 1180. The fourth-order valence-corrected chi connectivity index (χ4v) is 3.53. The third-order valence-electron chi connectivity index (χ3n) is 4.89. The largest absolute Gasteiger partial charge is 0.338 e. The van der Waals surface area contributed by atoms with Crippen molar-refractivity contribution in [2.24, 2.45) is 0 Å². The molecule has 0 aliphatic carbocycles. The van der Waals surface area contributed by atoms with Crippen molar-refractivity contribution in [3.63, 3.8) is 0 Å². The maximum atomic E-state index is 5.97. The van der Waals surface area contributed by atoms with E-state index in [9.17, 15) is 0 Å². The Labute approximate surface area is 183 Å². The number of rotatable bonds is 4. The van der Waals surface area contributed by atoms with Gasteiger partial charge in [0.05, 0.1) is 23.8 Å². The SMILES string of the molecule is Clc1ccc(-c2cnc(-c3ccc(-c4ncc(-c5ccc(Cl)cc5)[nH]4)cc3)[nH]2)cc1. The maximum absolute atomic E-state index is 5.97. The zero-order valence-electron chi connectivity index (χ0n) is 15.7. The molecule has 0 amide bonds. The number of nitrogens with zero attached hydrogens (tertiary/aromatic N) is 2. The Balaban J connectivity index is 1.37. The van der Waals surface area contributed by atoms with Gasteiger partial charge in [-0.2, -0.15) is 0 Å². The minimum Gasteiger partial charge on any atom is -0.338 e. The highest BCUT2D eigenvalue weighted by atomic mass is 35.5. The van der Waals surface area contributed by atoms with E-state index in [1.807, 2.05) is 85.2 Å². The van der Waals surface area contributed by atoms with Gasteiger partial charge in [-0.15, -0.1) is 0 Å². The molecule has 0 saturated heterocycles. The molecule has 146 valence electrons. The molecule has 3 aromatic carbocycles. The van der Waals surface area contributed by atoms with Gasteiger partial charge in [0, 0.05) is 21.2 Å². The predicted molar refractivity (Wildman–Crippen MR) is 122 cm³/mol. The lowest BCUT2D eigenvalue weighted by molar-refractivity contribution is 1.29. The maximum Gasteiger partial charge on any atom is 0.137 e. The minimum absolute atomic E-state index is 0.714. The highest BCUT2D eigenvalue weighted by Crippen LogP contribution is 2.27. The molecule has 0 unspecified atom stereocenters. The Kier molecular flexibility index (Phi) is 4.87. The van der Waals surface area contributed by atoms with Gasteiger partial charge in [-0.25, -0.2) is 9.97 Å². The van der Waals surface area contributed by atoms with Gasteiger partial charge < -0.3 is 9.97 Å². The van der Waals surface area contributed by atoms with Gasteiger partial charge in [0.15, 0.2) is 0 Å². The zero-order valence-corrected chi connectivity index (χ0v) is 17.2. The molecule has 30 heavy (non-hydrogen) atoms. The number of benzene rings is 3. The Morgan fingerprint density at radius 2 is 0.800 bits per heavy atom. The van der Waals surface area contributed by atoms with Crippen LogP contribution in [0.15, 0.2) is 85.2 Å². The summed E-state index contributed by atoms with van der Waals surface area (Å²) >= 11 is 11.9. The van der Waals surface area contributed by atoms with Crippen molar-refractivity contribution in [3.8, 4) is 45.3 Å². The third kappa shape index (κ3) is 3.75. The summed E-state index contributed by atoms with van der Waals surface area (Å²) < 4.78 is 0. The first-order chi connectivity index (χ1) is 14.7. The van der Waals surface area contributed by atoms with Crippen molar-refractivity contribution < 1.29 is 0 Å². The number of hydrogen-bond acceptors (Lipinski definition) is 2. The van der Waals surface area contributed by atoms with Crippen molar-refractivity contribution in [3.05, 3.63) is 95.2 Å². The van der Waals surface area contributed by atoms with Gasteiger partial charge in [-0.3, -0.25) is 0 Å². The quantitative estimate of drug-likeness (QED) is 0.319. The highest BCUT2D eigenvalue weighted by Gasteiger charge is 2.09. The second-order valence-corrected chi connectivity index (χ2v) is 7.75. The van der Waals surface area contributed by atoms with E-state index in [1.54, 1.807) is 0 Å². The molecule has 0 radical (unpaired) electrons. The van der Waals surface area contributed by atoms with Gasteiger partial charge in [0.1, 0.15) is 11.6 Å². The molecule has 2 heterocycles. The molecule has 0 spiro atoms. The molecule has 0 saturated carbocycles. The van der Waals surface area contributed by atoms with E-state index in [1.165, 1.54) is 0 Å². The van der Waals surface area contributed by atoms with Gasteiger partial charge >= 0.3 is 0 Å². The van der Waals surface area contributed by atoms with Gasteiger partial charge in [-0.05, 0) is 35.4 Å². The first-order valence-electron chi connectivity index (χ1n) is 9.38. The van der Waals surface area contributed by atoms with Crippen molar-refractivity contribution >= 4 is 23.2 Å². The summed E-state index contributed by atoms with van der Waals surface area (Å²) in [7, 11) is 0. The van der Waals surface area contributed by atoms with Crippen molar-refractivity contribution in [1.29, 1.82) is 0 Å². The Morgan fingerprint density at radius 1 is 0.467 bits per heavy atom. The molecule has 0 fully saturated rings. The lowest BCUT2D eigenvalue weighted by Gasteiger charge is -2.01. The smallest absolute Gasteiger partial charge is 0.137 e. The van der Waals surface area contributed by atoms with Crippen molar-refractivity contribution in [1.82, 2.24) is 19.9 Å². The summed E-state index contributed by atoms with van der Waals surface area (Å²) in [5.74, 6) is 1.63. The van der Waals surface area contributed by atoms with Gasteiger partial charge in [0.2, 0.25) is 0 Å².